The van der Waals surface area contributed by atoms with Gasteiger partial charge in [0.1, 0.15) is 11.0 Å². The molecule has 10 nitrogen and oxygen atoms in total. The van der Waals surface area contributed by atoms with Gasteiger partial charge in [0.15, 0.2) is 10.6 Å². The number of ether oxygens (including phenoxy) is 2. The zero-order valence-corrected chi connectivity index (χ0v) is 33.3. The van der Waals surface area contributed by atoms with Gasteiger partial charge in [-0.15, -0.1) is 10.2 Å². The number of carbonyl (C=O) groups excluding carboxylic acids is 1. The molecular formula is C43H42N4O6S3. The molecule has 5 aromatic carbocycles. The molecule has 6 aromatic rings. The Bertz CT molecular complexity index is 2330. The number of benzene rings is 5. The van der Waals surface area contributed by atoms with E-state index >= 15 is 0 Å². The first-order valence-electron chi connectivity index (χ1n) is 18.2. The van der Waals surface area contributed by atoms with E-state index in [1.54, 1.807) is 36.0 Å². The molecule has 288 valence electrons. The minimum atomic E-state index is -4.03. The number of hydrogen-bond donors (Lipinski definition) is 3. The smallest absolute Gasteiger partial charge is 0.242 e. The predicted octanol–water partition coefficient (Wildman–Crippen LogP) is 7.91. The maximum absolute atomic E-state index is 14.0. The first kappa shape index (κ1) is 39.5. The Morgan fingerprint density at radius 2 is 1.50 bits per heavy atom. The molecule has 5 unspecified atom stereocenters. The summed E-state index contributed by atoms with van der Waals surface area (Å²) >= 11 is 3.12. The topological polar surface area (TPSA) is 140 Å². The first-order chi connectivity index (χ1) is 27.1. The van der Waals surface area contributed by atoms with Gasteiger partial charge in [-0.2, -0.15) is 4.72 Å². The number of hydrogen-bond acceptors (Lipinski definition) is 10. The van der Waals surface area contributed by atoms with Gasteiger partial charge in [0.2, 0.25) is 15.9 Å². The van der Waals surface area contributed by atoms with Crippen LogP contribution < -0.4 is 10.0 Å². The highest BCUT2D eigenvalue weighted by molar-refractivity contribution is 8.01. The van der Waals surface area contributed by atoms with Crippen LogP contribution in [0.15, 0.2) is 143 Å². The molecule has 1 saturated heterocycles. The van der Waals surface area contributed by atoms with Crippen LogP contribution in [0.5, 0.6) is 0 Å². The lowest BCUT2D eigenvalue weighted by molar-refractivity contribution is -0.255. The zero-order valence-electron chi connectivity index (χ0n) is 30.8. The molecule has 1 amide bonds. The predicted molar refractivity (Wildman–Crippen MR) is 219 cm³/mol. The molecule has 1 aliphatic rings. The van der Waals surface area contributed by atoms with E-state index in [0.717, 1.165) is 37.2 Å². The van der Waals surface area contributed by atoms with Crippen molar-refractivity contribution in [3.63, 3.8) is 0 Å². The minimum Gasteiger partial charge on any atom is -0.392 e. The highest BCUT2D eigenvalue weighted by Crippen LogP contribution is 2.48. The second-order valence-electron chi connectivity index (χ2n) is 13.6. The van der Waals surface area contributed by atoms with Gasteiger partial charge in [-0.25, -0.2) is 8.42 Å². The number of aryl methyl sites for hydroxylation is 2. The Morgan fingerprint density at radius 1 is 0.804 bits per heavy atom. The molecule has 0 saturated carbocycles. The molecule has 56 heavy (non-hydrogen) atoms. The molecule has 3 N–H and O–H groups in total. The van der Waals surface area contributed by atoms with E-state index in [2.05, 4.69) is 32.4 Å². The molecule has 1 fully saturated rings. The van der Waals surface area contributed by atoms with Gasteiger partial charge >= 0.3 is 0 Å². The average molecular weight is 807 g/mol. The van der Waals surface area contributed by atoms with Crippen LogP contribution in [0.25, 0.3) is 0 Å². The number of nitrogens with one attached hydrogen (secondary N) is 2. The van der Waals surface area contributed by atoms with E-state index in [0.29, 0.717) is 17.0 Å². The number of aliphatic hydroxyl groups excluding tert-OH is 1. The van der Waals surface area contributed by atoms with Crippen molar-refractivity contribution >= 4 is 44.7 Å². The fourth-order valence-corrected chi connectivity index (χ4v) is 9.75. The number of rotatable bonds is 14. The van der Waals surface area contributed by atoms with Gasteiger partial charge in [0.05, 0.1) is 23.7 Å². The third-order valence-corrected chi connectivity index (χ3v) is 13.1. The second kappa shape index (κ2) is 18.0. The maximum atomic E-state index is 14.0. The van der Waals surface area contributed by atoms with Crippen molar-refractivity contribution in [1.29, 1.82) is 0 Å². The van der Waals surface area contributed by atoms with E-state index < -0.39 is 34.4 Å². The second-order valence-corrected chi connectivity index (χ2v) is 17.8. The lowest BCUT2D eigenvalue weighted by Crippen LogP contribution is -2.45. The van der Waals surface area contributed by atoms with Crippen molar-refractivity contribution in [2.75, 3.05) is 11.1 Å². The highest BCUT2D eigenvalue weighted by Gasteiger charge is 2.42. The van der Waals surface area contributed by atoms with Crippen molar-refractivity contribution in [1.82, 2.24) is 14.9 Å². The molecule has 0 radical (unpaired) electrons. The zero-order chi connectivity index (χ0) is 39.1. The van der Waals surface area contributed by atoms with Gasteiger partial charge < -0.3 is 19.9 Å². The molecule has 0 spiro atoms. The van der Waals surface area contributed by atoms with Crippen molar-refractivity contribution in [3.8, 4) is 0 Å². The largest absolute Gasteiger partial charge is 0.392 e. The van der Waals surface area contributed by atoms with E-state index in [9.17, 15) is 18.3 Å². The number of anilines is 1. The summed E-state index contributed by atoms with van der Waals surface area (Å²) in [6.07, 6.45) is -1.46. The summed E-state index contributed by atoms with van der Waals surface area (Å²) in [6, 6.07) is 39.8. The first-order valence-corrected chi connectivity index (χ1v) is 21.5. The van der Waals surface area contributed by atoms with Crippen LogP contribution in [-0.2, 0) is 37.3 Å². The van der Waals surface area contributed by atoms with Gasteiger partial charge in [-0.1, -0.05) is 138 Å². The van der Waals surface area contributed by atoms with Crippen molar-refractivity contribution in [2.24, 2.45) is 0 Å². The normalized spacial score (nSPS) is 19.0. The third-order valence-electron chi connectivity index (χ3n) is 9.50. The Hall–Kier alpha value is -4.73. The molecule has 13 heteroatoms. The number of carbonyl (C=O) groups is 1. The fourth-order valence-electron chi connectivity index (χ4n) is 6.64. The lowest BCUT2D eigenvalue weighted by Gasteiger charge is -2.43. The minimum absolute atomic E-state index is 0.0711. The number of thioether (sulfide) groups is 1. The van der Waals surface area contributed by atoms with E-state index in [-0.39, 0.29) is 29.9 Å². The summed E-state index contributed by atoms with van der Waals surface area (Å²) in [5.74, 6) is -0.144. The van der Waals surface area contributed by atoms with Crippen LogP contribution >= 0.6 is 23.1 Å². The Kier molecular flexibility index (Phi) is 12.7. The number of aromatic nitrogens is 2. The summed E-state index contributed by atoms with van der Waals surface area (Å²) in [5, 5.41) is 22.1. The van der Waals surface area contributed by atoms with Crippen LogP contribution in [-0.4, -0.2) is 47.5 Å². The number of aliphatic hydroxyl groups is 1. The number of nitrogens with zero attached hydrogens (tertiary/aromatic N) is 2. The van der Waals surface area contributed by atoms with E-state index in [1.807, 2.05) is 98.8 Å². The lowest BCUT2D eigenvalue weighted by atomic mass is 9.84. The highest BCUT2D eigenvalue weighted by atomic mass is 32.2. The molecule has 0 bridgehead atoms. The summed E-state index contributed by atoms with van der Waals surface area (Å²) in [7, 11) is -4.03. The summed E-state index contributed by atoms with van der Waals surface area (Å²) < 4.78 is 44.2. The van der Waals surface area contributed by atoms with Gasteiger partial charge in [0, 0.05) is 22.9 Å². The number of sulfonamides is 1. The van der Waals surface area contributed by atoms with Crippen LogP contribution in [0.2, 0.25) is 0 Å². The molecule has 7 rings (SSSR count). The van der Waals surface area contributed by atoms with Crippen LogP contribution in [0.1, 0.15) is 56.7 Å². The number of amides is 1. The van der Waals surface area contributed by atoms with E-state index in [1.165, 1.54) is 23.5 Å². The third kappa shape index (κ3) is 9.79. The molecule has 5 atom stereocenters. The summed E-state index contributed by atoms with van der Waals surface area (Å²) in [4.78, 5) is 14.1. The van der Waals surface area contributed by atoms with Gasteiger partial charge in [-0.3, -0.25) is 4.79 Å². The fraction of sp³-hybridized carbons (Fsp3) is 0.233. The van der Waals surface area contributed by atoms with Crippen LogP contribution in [0.3, 0.4) is 0 Å². The van der Waals surface area contributed by atoms with Crippen LogP contribution in [0, 0.1) is 13.8 Å². The monoisotopic (exact) mass is 806 g/mol. The van der Waals surface area contributed by atoms with E-state index in [4.69, 9.17) is 9.47 Å². The van der Waals surface area contributed by atoms with Crippen molar-refractivity contribution in [3.05, 3.63) is 172 Å². The van der Waals surface area contributed by atoms with Gasteiger partial charge in [0.25, 0.3) is 0 Å². The average Bonchev–Trinajstić information content (AvgIpc) is 3.65. The Morgan fingerprint density at radius 3 is 2.18 bits per heavy atom. The van der Waals surface area contributed by atoms with Gasteiger partial charge in [-0.05, 0) is 66.8 Å². The quantitative estimate of drug-likeness (QED) is 0.0938. The Labute approximate surface area is 335 Å². The molecular weight excluding hydrogens is 765 g/mol. The molecule has 1 aromatic heterocycles. The standard InChI is InChI=1S/C43H42N4O6S3/c1-28-16-22-36(23-17-28)56(50,51)47-37(24-30-10-5-3-6-11-30)41(49)44-35-15-9-14-34(25-35)42-52-38(27-54-43-46-45-29(2)55-43)39(32-12-7-4-8-13-32)40(53-42)33-20-18-31(26-48)19-21-33/h3-23,25,37-40,42,47-48H,24,26-27H2,1-2H3,(H,44,49). The summed E-state index contributed by atoms with van der Waals surface area (Å²) in [6.45, 7) is 3.73. The molecule has 2 heterocycles. The van der Waals surface area contributed by atoms with Crippen molar-refractivity contribution < 1.29 is 27.8 Å². The maximum Gasteiger partial charge on any atom is 0.242 e. The SMILES string of the molecule is Cc1ccc(S(=O)(=O)NC(Cc2ccccc2)C(=O)Nc2cccc(C3OC(CSc4nnc(C)s4)C(c4ccccc4)C(c4ccc(CO)cc4)O3)c2)cc1. The Balaban J connectivity index is 1.18. The molecule has 0 aliphatic carbocycles. The van der Waals surface area contributed by atoms with Crippen LogP contribution in [0.4, 0.5) is 5.69 Å². The van der Waals surface area contributed by atoms with Crippen molar-refractivity contribution in [2.45, 2.75) is 66.6 Å². The summed E-state index contributed by atoms with van der Waals surface area (Å²) in [5.41, 5.74) is 5.63. The molecule has 1 aliphatic heterocycles.